The number of esters is 1. The molecule has 0 unspecified atom stereocenters. The summed E-state index contributed by atoms with van der Waals surface area (Å²) in [4.78, 5) is 11.6. The number of hydrogen-bond acceptors (Lipinski definition) is 3. The van der Waals surface area contributed by atoms with Gasteiger partial charge >= 0.3 is 5.97 Å². The Hall–Kier alpha value is -1.77. The summed E-state index contributed by atoms with van der Waals surface area (Å²) < 4.78 is 5.59. The van der Waals surface area contributed by atoms with E-state index in [1.165, 1.54) is 6.92 Å². The molecule has 0 heterocycles. The highest BCUT2D eigenvalue weighted by atomic mass is 16.5. The highest BCUT2D eigenvalue weighted by molar-refractivity contribution is 5.72. The fourth-order valence-electron chi connectivity index (χ4n) is 2.64. The Morgan fingerprint density at radius 1 is 1.23 bits per heavy atom. The largest absolute Gasteiger partial charge is 0.508 e. The van der Waals surface area contributed by atoms with E-state index < -0.39 is 0 Å². The number of allylic oxidation sites excluding steroid dienone is 1. The van der Waals surface area contributed by atoms with Crippen molar-refractivity contribution in [2.75, 3.05) is 0 Å². The normalized spacial score (nSPS) is 12.1. The van der Waals surface area contributed by atoms with Gasteiger partial charge in [-0.2, -0.15) is 0 Å². The number of carbonyl (C=O) groups is 1. The monoisotopic (exact) mass is 304 g/mol. The maximum absolute atomic E-state index is 11.6. The van der Waals surface area contributed by atoms with Gasteiger partial charge in [-0.15, -0.1) is 6.58 Å². The molecule has 22 heavy (non-hydrogen) atoms. The van der Waals surface area contributed by atoms with E-state index in [1.807, 2.05) is 41.5 Å². The zero-order valence-electron chi connectivity index (χ0n) is 14.8. The Balaban J connectivity index is 3.88. The molecule has 1 rings (SSSR count). The Morgan fingerprint density at radius 2 is 1.77 bits per heavy atom. The third-order valence-electron chi connectivity index (χ3n) is 3.52. The van der Waals surface area contributed by atoms with E-state index in [9.17, 15) is 9.90 Å². The summed E-state index contributed by atoms with van der Waals surface area (Å²) in [6.45, 7) is 17.4. The van der Waals surface area contributed by atoms with Crippen LogP contribution in [0, 0.1) is 0 Å². The molecule has 0 aliphatic carbocycles. The topological polar surface area (TPSA) is 46.5 Å². The van der Waals surface area contributed by atoms with Gasteiger partial charge in [0.1, 0.15) is 11.5 Å². The average molecular weight is 304 g/mol. The first-order chi connectivity index (χ1) is 9.89. The lowest BCUT2D eigenvalue weighted by atomic mass is 9.76. The summed E-state index contributed by atoms with van der Waals surface area (Å²) in [6.07, 6.45) is 2.27. The first-order valence-electron chi connectivity index (χ1n) is 7.58. The fraction of sp³-hybridized carbons (Fsp3) is 0.526. The van der Waals surface area contributed by atoms with E-state index in [0.717, 1.165) is 16.7 Å². The first kappa shape index (κ1) is 18.3. The number of ether oxygens (including phenoxy) is 1. The molecule has 0 bridgehead atoms. The molecule has 0 amide bonds. The molecule has 122 valence electrons. The summed E-state index contributed by atoms with van der Waals surface area (Å²) in [7, 11) is 0. The van der Waals surface area contributed by atoms with Crippen molar-refractivity contribution in [1.82, 2.24) is 0 Å². The number of aromatic hydroxyl groups is 1. The van der Waals surface area contributed by atoms with Gasteiger partial charge in [-0.1, -0.05) is 47.6 Å². The van der Waals surface area contributed by atoms with Crippen molar-refractivity contribution in [3.05, 3.63) is 35.4 Å². The van der Waals surface area contributed by atoms with Gasteiger partial charge in [-0.25, -0.2) is 0 Å². The van der Waals surface area contributed by atoms with Gasteiger partial charge in [0.25, 0.3) is 0 Å². The van der Waals surface area contributed by atoms with Gasteiger partial charge in [0, 0.05) is 23.6 Å². The lowest BCUT2D eigenvalue weighted by molar-refractivity contribution is -0.132. The van der Waals surface area contributed by atoms with Crippen LogP contribution < -0.4 is 4.74 Å². The van der Waals surface area contributed by atoms with E-state index in [0.29, 0.717) is 12.2 Å². The molecule has 0 aliphatic heterocycles. The molecule has 3 nitrogen and oxygen atoms in total. The lowest BCUT2D eigenvalue weighted by Crippen LogP contribution is -2.23. The zero-order chi connectivity index (χ0) is 17.3. The predicted octanol–water partition coefficient (Wildman–Crippen LogP) is 4.64. The summed E-state index contributed by atoms with van der Waals surface area (Å²) in [5.74, 6) is 0.444. The van der Waals surface area contributed by atoms with Crippen LogP contribution in [0.5, 0.6) is 11.5 Å². The molecule has 0 fully saturated rings. The van der Waals surface area contributed by atoms with Crippen LogP contribution >= 0.6 is 0 Å². The highest BCUT2D eigenvalue weighted by Gasteiger charge is 2.32. The van der Waals surface area contributed by atoms with Gasteiger partial charge in [0.2, 0.25) is 0 Å². The molecule has 1 aromatic carbocycles. The molecule has 0 aliphatic rings. The second-order valence-corrected chi connectivity index (χ2v) is 7.71. The molecule has 0 saturated carbocycles. The maximum Gasteiger partial charge on any atom is 0.308 e. The van der Waals surface area contributed by atoms with E-state index in [-0.39, 0.29) is 22.5 Å². The predicted molar refractivity (Wildman–Crippen MR) is 90.7 cm³/mol. The molecule has 3 heteroatoms. The van der Waals surface area contributed by atoms with Crippen molar-refractivity contribution in [1.29, 1.82) is 0 Å². The van der Waals surface area contributed by atoms with Gasteiger partial charge in [0.15, 0.2) is 0 Å². The molecular formula is C19H28O3. The molecule has 0 spiro atoms. The Bertz CT molecular complexity index is 584. The van der Waals surface area contributed by atoms with Crippen LogP contribution in [0.15, 0.2) is 18.7 Å². The Labute approximate surface area is 134 Å². The summed E-state index contributed by atoms with van der Waals surface area (Å²) in [6, 6.07) is 1.71. The second-order valence-electron chi connectivity index (χ2n) is 7.71. The smallest absolute Gasteiger partial charge is 0.308 e. The quantitative estimate of drug-likeness (QED) is 0.502. The SMILES string of the molecule is C=CCc1c(O)cc(C(C)(C)C)c(OC(C)=O)c1C(C)(C)C. The van der Waals surface area contributed by atoms with E-state index >= 15 is 0 Å². The minimum Gasteiger partial charge on any atom is -0.508 e. The first-order valence-corrected chi connectivity index (χ1v) is 7.58. The molecule has 0 saturated heterocycles. The number of phenols is 1. The zero-order valence-corrected chi connectivity index (χ0v) is 14.8. The summed E-state index contributed by atoms with van der Waals surface area (Å²) in [5.41, 5.74) is 1.94. The summed E-state index contributed by atoms with van der Waals surface area (Å²) >= 11 is 0. The van der Waals surface area contributed by atoms with E-state index in [4.69, 9.17) is 4.74 Å². The van der Waals surface area contributed by atoms with Crippen LogP contribution in [0.25, 0.3) is 0 Å². The van der Waals surface area contributed by atoms with Crippen LogP contribution in [-0.2, 0) is 22.0 Å². The van der Waals surface area contributed by atoms with Gasteiger partial charge in [0.05, 0.1) is 0 Å². The maximum atomic E-state index is 11.6. The fourth-order valence-corrected chi connectivity index (χ4v) is 2.64. The number of phenolic OH excluding ortho intramolecular Hbond substituents is 1. The van der Waals surface area contributed by atoms with Crippen LogP contribution in [0.4, 0.5) is 0 Å². The lowest BCUT2D eigenvalue weighted by Gasteiger charge is -2.31. The van der Waals surface area contributed by atoms with Crippen molar-refractivity contribution in [3.63, 3.8) is 0 Å². The molecular weight excluding hydrogens is 276 g/mol. The van der Waals surface area contributed by atoms with Gasteiger partial charge in [-0.3, -0.25) is 4.79 Å². The van der Waals surface area contributed by atoms with Crippen molar-refractivity contribution in [3.8, 4) is 11.5 Å². The van der Waals surface area contributed by atoms with Gasteiger partial charge < -0.3 is 9.84 Å². The molecule has 0 atom stereocenters. The number of carbonyl (C=O) groups excluding carboxylic acids is 1. The van der Waals surface area contributed by atoms with Crippen molar-refractivity contribution in [2.45, 2.75) is 65.7 Å². The van der Waals surface area contributed by atoms with Crippen LogP contribution in [0.3, 0.4) is 0 Å². The van der Waals surface area contributed by atoms with Crippen LogP contribution in [-0.4, -0.2) is 11.1 Å². The van der Waals surface area contributed by atoms with Crippen LogP contribution in [0.1, 0.15) is 65.2 Å². The number of hydrogen-bond donors (Lipinski definition) is 1. The Morgan fingerprint density at radius 3 is 2.14 bits per heavy atom. The number of rotatable bonds is 3. The molecule has 1 N–H and O–H groups in total. The second kappa shape index (κ2) is 6.15. The average Bonchev–Trinajstić information content (AvgIpc) is 2.29. The number of benzene rings is 1. The standard InChI is InChI=1S/C19H28O3/c1-9-10-13-15(21)11-14(18(3,4)5)17(22-12(2)20)16(13)19(6,7)8/h9,11,21H,1,10H2,2-8H3. The van der Waals surface area contributed by atoms with Crippen molar-refractivity contribution in [2.24, 2.45) is 0 Å². The van der Waals surface area contributed by atoms with Crippen molar-refractivity contribution >= 4 is 5.97 Å². The molecule has 0 radical (unpaired) electrons. The summed E-state index contributed by atoms with van der Waals surface area (Å²) in [5, 5.41) is 10.5. The van der Waals surface area contributed by atoms with Gasteiger partial charge in [-0.05, 0) is 23.3 Å². The van der Waals surface area contributed by atoms with Crippen LogP contribution in [0.2, 0.25) is 0 Å². The van der Waals surface area contributed by atoms with E-state index in [1.54, 1.807) is 12.1 Å². The third kappa shape index (κ3) is 3.90. The van der Waals surface area contributed by atoms with Crippen molar-refractivity contribution < 1.29 is 14.6 Å². The Kier molecular flexibility index (Phi) is 5.11. The third-order valence-corrected chi connectivity index (χ3v) is 3.52. The molecule has 0 aromatic heterocycles. The minimum atomic E-state index is -0.355. The highest BCUT2D eigenvalue weighted by Crippen LogP contribution is 2.45. The molecule has 1 aromatic rings. The minimum absolute atomic E-state index is 0.227. The van der Waals surface area contributed by atoms with E-state index in [2.05, 4.69) is 6.58 Å².